The molecule has 0 aliphatic rings. The summed E-state index contributed by atoms with van der Waals surface area (Å²) in [5, 5.41) is 0. The first-order valence-corrected chi connectivity index (χ1v) is 10.6. The Kier molecular flexibility index (Phi) is 8.59. The first-order chi connectivity index (χ1) is 10.6. The van der Waals surface area contributed by atoms with Gasteiger partial charge in [-0.2, -0.15) is 0 Å². The molecule has 0 aromatic carbocycles. The fourth-order valence-electron chi connectivity index (χ4n) is 6.13. The molecule has 0 heterocycles. The average Bonchev–Trinajstić information content (AvgIpc) is 2.31. The van der Waals surface area contributed by atoms with E-state index in [1.807, 2.05) is 0 Å². The van der Waals surface area contributed by atoms with Crippen LogP contribution in [0.15, 0.2) is 0 Å². The smallest absolute Gasteiger partial charge is 0.0226 e. The summed E-state index contributed by atoms with van der Waals surface area (Å²) in [6.45, 7) is 32.0. The van der Waals surface area contributed by atoms with Gasteiger partial charge >= 0.3 is 0 Å². The molecule has 0 aromatic rings. The van der Waals surface area contributed by atoms with Crippen LogP contribution >= 0.6 is 0 Å². The second-order valence-corrected chi connectivity index (χ2v) is 11.8. The van der Waals surface area contributed by atoms with Crippen LogP contribution in [0.5, 0.6) is 0 Å². The van der Waals surface area contributed by atoms with Crippen molar-refractivity contribution in [1.82, 2.24) is 0 Å². The Balaban J connectivity index is 6.43. The molecule has 0 heteroatoms. The fourth-order valence-corrected chi connectivity index (χ4v) is 6.13. The van der Waals surface area contributed by atoms with Crippen molar-refractivity contribution in [3.8, 4) is 0 Å². The maximum absolute atomic E-state index is 2.57. The largest absolute Gasteiger partial charge is 0.0651 e. The highest BCUT2D eigenvalue weighted by atomic mass is 14.6. The number of hydrogen-bond donors (Lipinski definition) is 0. The topological polar surface area (TPSA) is 0 Å². The maximum Gasteiger partial charge on any atom is -0.0226 e. The standard InChI is InChI=1S/C24H50/c1-14-19(6)20(7)24(15-17(2)3,16-22(8,9)10)21(18(4)5)23(11,12)13/h17-21H,14-16H2,1-13H3. The zero-order valence-corrected chi connectivity index (χ0v) is 19.5. The minimum absolute atomic E-state index is 0.343. The van der Waals surface area contributed by atoms with E-state index in [1.165, 1.54) is 19.3 Å². The molecule has 4 atom stereocenters. The van der Waals surface area contributed by atoms with E-state index in [0.717, 1.165) is 29.6 Å². The van der Waals surface area contributed by atoms with Crippen LogP contribution in [0.25, 0.3) is 0 Å². The van der Waals surface area contributed by atoms with Gasteiger partial charge in [0, 0.05) is 0 Å². The highest BCUT2D eigenvalue weighted by molar-refractivity contribution is 5.00. The molecule has 0 saturated heterocycles. The second kappa shape index (κ2) is 8.59. The van der Waals surface area contributed by atoms with E-state index in [2.05, 4.69) is 90.0 Å². The highest BCUT2D eigenvalue weighted by Crippen LogP contribution is 2.59. The van der Waals surface area contributed by atoms with Gasteiger partial charge in [-0.05, 0) is 58.7 Å². The van der Waals surface area contributed by atoms with Crippen LogP contribution in [-0.2, 0) is 0 Å². The van der Waals surface area contributed by atoms with Gasteiger partial charge in [-0.1, -0.05) is 96.4 Å². The number of hydrogen-bond acceptors (Lipinski definition) is 0. The van der Waals surface area contributed by atoms with E-state index in [4.69, 9.17) is 0 Å². The average molecular weight is 339 g/mol. The molecule has 0 aromatic heterocycles. The van der Waals surface area contributed by atoms with Crippen molar-refractivity contribution < 1.29 is 0 Å². The molecule has 0 nitrogen and oxygen atoms in total. The molecular formula is C24H50. The van der Waals surface area contributed by atoms with E-state index in [0.29, 0.717) is 16.2 Å². The number of rotatable bonds is 8. The van der Waals surface area contributed by atoms with Gasteiger partial charge < -0.3 is 0 Å². The molecule has 0 rings (SSSR count). The van der Waals surface area contributed by atoms with Crippen molar-refractivity contribution >= 4 is 0 Å². The molecule has 0 saturated carbocycles. The molecule has 0 radical (unpaired) electrons. The normalized spacial score (nSPS) is 20.1. The van der Waals surface area contributed by atoms with Gasteiger partial charge in [-0.3, -0.25) is 0 Å². The summed E-state index contributed by atoms with van der Waals surface area (Å²) in [6.07, 6.45) is 3.99. The lowest BCUT2D eigenvalue weighted by atomic mass is 9.48. The predicted octanol–water partition coefficient (Wildman–Crippen LogP) is 8.46. The van der Waals surface area contributed by atoms with Gasteiger partial charge in [0.05, 0.1) is 0 Å². The third-order valence-electron chi connectivity index (χ3n) is 6.27. The first kappa shape index (κ1) is 24.0. The lowest BCUT2D eigenvalue weighted by Crippen LogP contribution is -2.50. The Labute approximate surface area is 155 Å². The van der Waals surface area contributed by atoms with Crippen molar-refractivity contribution in [2.24, 2.45) is 45.8 Å². The Morgan fingerprint density at radius 1 is 0.750 bits per heavy atom. The molecule has 0 amide bonds. The van der Waals surface area contributed by atoms with E-state index in [-0.39, 0.29) is 0 Å². The third-order valence-corrected chi connectivity index (χ3v) is 6.27. The SMILES string of the molecule is CCC(C)C(C)C(CC(C)C)(CC(C)(C)C)C(C(C)C)C(C)(C)C. The molecule has 24 heavy (non-hydrogen) atoms. The van der Waals surface area contributed by atoms with Gasteiger partial charge in [0.15, 0.2) is 0 Å². The molecule has 0 aliphatic carbocycles. The van der Waals surface area contributed by atoms with Crippen LogP contribution in [0.2, 0.25) is 0 Å². The van der Waals surface area contributed by atoms with E-state index in [9.17, 15) is 0 Å². The molecule has 0 bridgehead atoms. The van der Waals surface area contributed by atoms with Crippen LogP contribution in [-0.4, -0.2) is 0 Å². The minimum atomic E-state index is 0.343. The molecule has 0 aliphatic heterocycles. The summed E-state index contributed by atoms with van der Waals surface area (Å²) in [6, 6.07) is 0. The Morgan fingerprint density at radius 2 is 1.21 bits per heavy atom. The van der Waals surface area contributed by atoms with Crippen LogP contribution in [0, 0.1) is 45.8 Å². The zero-order chi connectivity index (χ0) is 19.5. The zero-order valence-electron chi connectivity index (χ0n) is 19.5. The van der Waals surface area contributed by atoms with Crippen LogP contribution in [0.1, 0.15) is 109 Å². The molecule has 0 fully saturated rings. The summed E-state index contributed by atoms with van der Waals surface area (Å²) >= 11 is 0. The van der Waals surface area contributed by atoms with Crippen LogP contribution in [0.3, 0.4) is 0 Å². The Morgan fingerprint density at radius 3 is 1.46 bits per heavy atom. The van der Waals surface area contributed by atoms with Crippen molar-refractivity contribution in [3.05, 3.63) is 0 Å². The lowest BCUT2D eigenvalue weighted by molar-refractivity contribution is -0.0823. The van der Waals surface area contributed by atoms with Crippen molar-refractivity contribution in [1.29, 1.82) is 0 Å². The van der Waals surface area contributed by atoms with Gasteiger partial charge in [-0.25, -0.2) is 0 Å². The maximum atomic E-state index is 2.57. The molecular weight excluding hydrogens is 288 g/mol. The third kappa shape index (κ3) is 6.38. The van der Waals surface area contributed by atoms with Gasteiger partial charge in [-0.15, -0.1) is 0 Å². The van der Waals surface area contributed by atoms with Crippen molar-refractivity contribution in [3.63, 3.8) is 0 Å². The Bertz CT molecular complexity index is 349. The summed E-state index contributed by atoms with van der Waals surface area (Å²) in [4.78, 5) is 0. The van der Waals surface area contributed by atoms with E-state index in [1.54, 1.807) is 0 Å². The molecule has 0 N–H and O–H groups in total. The van der Waals surface area contributed by atoms with Crippen LogP contribution in [0.4, 0.5) is 0 Å². The van der Waals surface area contributed by atoms with Crippen molar-refractivity contribution in [2.75, 3.05) is 0 Å². The van der Waals surface area contributed by atoms with Crippen LogP contribution < -0.4 is 0 Å². The van der Waals surface area contributed by atoms with Gasteiger partial charge in [0.2, 0.25) is 0 Å². The summed E-state index contributed by atoms with van der Waals surface area (Å²) < 4.78 is 0. The van der Waals surface area contributed by atoms with E-state index < -0.39 is 0 Å². The van der Waals surface area contributed by atoms with Gasteiger partial charge in [0.25, 0.3) is 0 Å². The highest BCUT2D eigenvalue weighted by Gasteiger charge is 2.51. The first-order valence-electron chi connectivity index (χ1n) is 10.6. The lowest BCUT2D eigenvalue weighted by Gasteiger charge is -2.57. The molecule has 4 unspecified atom stereocenters. The van der Waals surface area contributed by atoms with Crippen molar-refractivity contribution in [2.45, 2.75) is 109 Å². The monoisotopic (exact) mass is 338 g/mol. The molecule has 146 valence electrons. The summed E-state index contributed by atoms with van der Waals surface area (Å²) in [5.41, 5.74) is 1.12. The molecule has 0 spiro atoms. The Hall–Kier alpha value is 0. The predicted molar refractivity (Wildman–Crippen MR) is 112 cm³/mol. The second-order valence-electron chi connectivity index (χ2n) is 11.8. The minimum Gasteiger partial charge on any atom is -0.0651 e. The quantitative estimate of drug-likeness (QED) is 0.416. The summed E-state index contributed by atoms with van der Waals surface area (Å²) in [7, 11) is 0. The fraction of sp³-hybridized carbons (Fsp3) is 1.00. The van der Waals surface area contributed by atoms with Gasteiger partial charge in [0.1, 0.15) is 0 Å². The summed E-state index contributed by atoms with van der Waals surface area (Å²) in [5.74, 6) is 3.76. The van der Waals surface area contributed by atoms with E-state index >= 15 is 0 Å².